The minimum atomic E-state index is -4.81. The maximum absolute atomic E-state index is 11.8. The second-order valence-electron chi connectivity index (χ2n) is 2.79. The number of carbonyl (C=O) groups is 1. The summed E-state index contributed by atoms with van der Waals surface area (Å²) in [5, 5.41) is 1.78. The van der Waals surface area contributed by atoms with Crippen molar-refractivity contribution in [2.75, 3.05) is 0 Å². The van der Waals surface area contributed by atoms with Crippen LogP contribution in [0.4, 0.5) is 13.2 Å². The van der Waals surface area contributed by atoms with Gasteiger partial charge in [-0.05, 0) is 12.1 Å². The molecule has 0 saturated carbocycles. The Morgan fingerprint density at radius 2 is 2.21 bits per heavy atom. The first-order chi connectivity index (χ1) is 6.41. The van der Waals surface area contributed by atoms with Crippen LogP contribution in [0.2, 0.25) is 0 Å². The summed E-state index contributed by atoms with van der Waals surface area (Å²) >= 11 is 0. The van der Waals surface area contributed by atoms with Crippen LogP contribution in [-0.2, 0) is 18.4 Å². The second kappa shape index (κ2) is 3.73. The van der Waals surface area contributed by atoms with Gasteiger partial charge in [0.25, 0.3) is 0 Å². The zero-order chi connectivity index (χ0) is 10.8. The molecule has 0 bridgehead atoms. The zero-order valence-electron chi connectivity index (χ0n) is 7.43. The smallest absolute Gasteiger partial charge is 0.353 e. The van der Waals surface area contributed by atoms with Crippen LogP contribution in [0.1, 0.15) is 5.69 Å². The van der Waals surface area contributed by atoms with E-state index in [1.54, 1.807) is 35.3 Å². The van der Waals surface area contributed by atoms with Crippen molar-refractivity contribution in [3.8, 4) is 0 Å². The number of rotatable bonds is 2. The van der Waals surface area contributed by atoms with Crippen LogP contribution in [0, 0.1) is 0 Å². The predicted octanol–water partition coefficient (Wildman–Crippen LogP) is 1.20. The van der Waals surface area contributed by atoms with Gasteiger partial charge in [0.15, 0.2) is 0 Å². The number of hydrogen-bond acceptors (Lipinski definition) is 1. The average molecular weight is 206 g/mol. The summed E-state index contributed by atoms with van der Waals surface area (Å²) in [5.41, 5.74) is 0.614. The van der Waals surface area contributed by atoms with Crippen molar-refractivity contribution in [2.45, 2.75) is 12.7 Å². The first kappa shape index (κ1) is 10.6. The lowest BCUT2D eigenvalue weighted by Crippen LogP contribution is -2.36. The third-order valence-electron chi connectivity index (χ3n) is 1.74. The number of alkyl halides is 3. The van der Waals surface area contributed by atoms with Gasteiger partial charge in [0.2, 0.25) is 0 Å². The number of hydrogen-bond donors (Lipinski definition) is 1. The van der Waals surface area contributed by atoms with Gasteiger partial charge in [-0.25, -0.2) is 0 Å². The fourth-order valence-electron chi connectivity index (χ4n) is 0.951. The van der Waals surface area contributed by atoms with Gasteiger partial charge in [-0.1, -0.05) is 0 Å². The Hall–Kier alpha value is -1.46. The number of nitrogens with one attached hydrogen (secondary N) is 1. The Balaban J connectivity index is 2.50. The fraction of sp³-hybridized carbons (Fsp3) is 0.375. The Morgan fingerprint density at radius 1 is 1.57 bits per heavy atom. The molecule has 1 heterocycles. The highest BCUT2D eigenvalue weighted by Crippen LogP contribution is 2.14. The Kier molecular flexibility index (Phi) is 2.83. The lowest BCUT2D eigenvalue weighted by molar-refractivity contribution is -0.173. The van der Waals surface area contributed by atoms with E-state index in [0.717, 1.165) is 0 Å². The number of halogens is 3. The molecule has 78 valence electrons. The van der Waals surface area contributed by atoms with Gasteiger partial charge < -0.3 is 9.88 Å². The molecule has 1 aromatic heterocycles. The molecule has 0 spiro atoms. The van der Waals surface area contributed by atoms with E-state index in [9.17, 15) is 18.0 Å². The van der Waals surface area contributed by atoms with Crippen LogP contribution in [0.5, 0.6) is 0 Å². The minimum Gasteiger partial charge on any atom is -0.353 e. The SMILES string of the molecule is Cn1cccc1CNC(=O)C(F)(F)F. The summed E-state index contributed by atoms with van der Waals surface area (Å²) in [6.45, 7) is -0.123. The molecule has 0 radical (unpaired) electrons. The molecule has 0 aromatic carbocycles. The van der Waals surface area contributed by atoms with E-state index in [1.165, 1.54) is 0 Å². The average Bonchev–Trinajstić information content (AvgIpc) is 2.45. The number of nitrogens with zero attached hydrogens (tertiary/aromatic N) is 1. The van der Waals surface area contributed by atoms with Gasteiger partial charge >= 0.3 is 12.1 Å². The fourth-order valence-corrected chi connectivity index (χ4v) is 0.951. The molecule has 1 N–H and O–H groups in total. The third-order valence-corrected chi connectivity index (χ3v) is 1.74. The van der Waals surface area contributed by atoms with Gasteiger partial charge in [-0.15, -0.1) is 0 Å². The quantitative estimate of drug-likeness (QED) is 0.775. The second-order valence-corrected chi connectivity index (χ2v) is 2.79. The normalized spacial score (nSPS) is 11.4. The minimum absolute atomic E-state index is 0.123. The van der Waals surface area contributed by atoms with E-state index >= 15 is 0 Å². The number of carbonyl (C=O) groups excluding carboxylic acids is 1. The van der Waals surface area contributed by atoms with Gasteiger partial charge in [-0.3, -0.25) is 4.79 Å². The number of aromatic nitrogens is 1. The molecule has 6 heteroatoms. The highest BCUT2D eigenvalue weighted by Gasteiger charge is 2.38. The molecule has 0 unspecified atom stereocenters. The number of aryl methyl sites for hydroxylation is 1. The molecule has 0 aliphatic rings. The largest absolute Gasteiger partial charge is 0.471 e. The summed E-state index contributed by atoms with van der Waals surface area (Å²) in [6.07, 6.45) is -3.12. The molecule has 3 nitrogen and oxygen atoms in total. The molecule has 0 saturated heterocycles. The Labute approximate surface area is 78.5 Å². The predicted molar refractivity (Wildman–Crippen MR) is 43.3 cm³/mol. The molecule has 1 rings (SSSR count). The van der Waals surface area contributed by atoms with E-state index in [4.69, 9.17) is 0 Å². The molecule has 0 aliphatic heterocycles. The van der Waals surface area contributed by atoms with Crippen LogP contribution in [-0.4, -0.2) is 16.7 Å². The first-order valence-corrected chi connectivity index (χ1v) is 3.86. The monoisotopic (exact) mass is 206 g/mol. The van der Waals surface area contributed by atoms with Crippen molar-refractivity contribution >= 4 is 5.91 Å². The Morgan fingerprint density at radius 3 is 2.64 bits per heavy atom. The summed E-state index contributed by atoms with van der Waals surface area (Å²) < 4.78 is 36.9. The molecular formula is C8H9F3N2O. The van der Waals surface area contributed by atoms with Crippen LogP contribution >= 0.6 is 0 Å². The summed E-state index contributed by atoms with van der Waals surface area (Å²) in [7, 11) is 1.69. The van der Waals surface area contributed by atoms with Crippen molar-refractivity contribution in [1.82, 2.24) is 9.88 Å². The first-order valence-electron chi connectivity index (χ1n) is 3.86. The van der Waals surface area contributed by atoms with Crippen LogP contribution in [0.3, 0.4) is 0 Å². The van der Waals surface area contributed by atoms with E-state index in [2.05, 4.69) is 0 Å². The molecule has 1 amide bonds. The maximum Gasteiger partial charge on any atom is 0.471 e. The highest BCUT2D eigenvalue weighted by molar-refractivity contribution is 5.81. The molecular weight excluding hydrogens is 197 g/mol. The van der Waals surface area contributed by atoms with Crippen molar-refractivity contribution in [2.24, 2.45) is 7.05 Å². The molecule has 0 atom stereocenters. The van der Waals surface area contributed by atoms with Gasteiger partial charge in [0.1, 0.15) is 0 Å². The van der Waals surface area contributed by atoms with Gasteiger partial charge in [0, 0.05) is 18.9 Å². The topological polar surface area (TPSA) is 34.0 Å². The van der Waals surface area contributed by atoms with Crippen molar-refractivity contribution in [3.05, 3.63) is 24.0 Å². The van der Waals surface area contributed by atoms with Crippen molar-refractivity contribution in [1.29, 1.82) is 0 Å². The summed E-state index contributed by atoms with van der Waals surface area (Å²) in [4.78, 5) is 10.4. The molecule has 1 aromatic rings. The zero-order valence-corrected chi connectivity index (χ0v) is 7.43. The van der Waals surface area contributed by atoms with Crippen LogP contribution < -0.4 is 5.32 Å². The Bertz CT molecular complexity index is 330. The van der Waals surface area contributed by atoms with Gasteiger partial charge in [0.05, 0.1) is 6.54 Å². The summed E-state index contributed by atoms with van der Waals surface area (Å²) in [5.74, 6) is -1.92. The lowest BCUT2D eigenvalue weighted by Gasteiger charge is -2.08. The van der Waals surface area contributed by atoms with Crippen molar-refractivity contribution in [3.63, 3.8) is 0 Å². The van der Waals surface area contributed by atoms with Crippen molar-refractivity contribution < 1.29 is 18.0 Å². The molecule has 0 aliphatic carbocycles. The van der Waals surface area contributed by atoms with Crippen LogP contribution in [0.15, 0.2) is 18.3 Å². The third kappa shape index (κ3) is 2.51. The van der Waals surface area contributed by atoms with E-state index in [-0.39, 0.29) is 6.54 Å². The van der Waals surface area contributed by atoms with E-state index in [0.29, 0.717) is 5.69 Å². The van der Waals surface area contributed by atoms with Gasteiger partial charge in [-0.2, -0.15) is 13.2 Å². The summed E-state index contributed by atoms with van der Waals surface area (Å²) in [6, 6.07) is 3.33. The maximum atomic E-state index is 11.8. The van der Waals surface area contributed by atoms with E-state index < -0.39 is 12.1 Å². The van der Waals surface area contributed by atoms with Crippen LogP contribution in [0.25, 0.3) is 0 Å². The molecule has 14 heavy (non-hydrogen) atoms. The number of amides is 1. The van der Waals surface area contributed by atoms with E-state index in [1.807, 2.05) is 0 Å². The molecule has 0 fully saturated rings. The standard InChI is InChI=1S/C8H9F3N2O/c1-13-4-2-3-6(13)5-12-7(14)8(9,10)11/h2-4H,5H2,1H3,(H,12,14). The lowest BCUT2D eigenvalue weighted by atomic mass is 10.4. The highest BCUT2D eigenvalue weighted by atomic mass is 19.4.